The van der Waals surface area contributed by atoms with Gasteiger partial charge in [-0.2, -0.15) is 0 Å². The fourth-order valence-electron chi connectivity index (χ4n) is 3.01. The van der Waals surface area contributed by atoms with Crippen LogP contribution in [0.1, 0.15) is 66.9 Å². The second-order valence-corrected chi connectivity index (χ2v) is 12.0. The van der Waals surface area contributed by atoms with E-state index in [1.165, 1.54) is 16.7 Å². The monoisotopic (exact) mass is 342 g/mol. The van der Waals surface area contributed by atoms with Crippen LogP contribution in [0.25, 0.3) is 11.1 Å². The predicted molar refractivity (Wildman–Crippen MR) is 114 cm³/mol. The lowest BCUT2D eigenvalue weighted by atomic mass is 9.93. The number of rotatable bonds is 2. The molecule has 0 bridgehead atoms. The fourth-order valence-corrected chi connectivity index (χ4v) is 5.26. The van der Waals surface area contributed by atoms with Crippen LogP contribution in [-0.4, -0.2) is 10.3 Å². The number of benzene rings is 2. The lowest BCUT2D eigenvalue weighted by Crippen LogP contribution is -2.16. The molecule has 0 fully saturated rings. The molecule has 0 aliphatic heterocycles. The molecule has 0 aromatic heterocycles. The minimum Gasteiger partial charge on any atom is -0.111 e. The highest BCUT2D eigenvalue weighted by molar-refractivity contribution is 7.41. The molecule has 0 N–H and O–H groups in total. The molecule has 2 aromatic rings. The first-order valence-electron chi connectivity index (χ1n) is 8.93. The van der Waals surface area contributed by atoms with Gasteiger partial charge in [-0.15, -0.1) is 8.58 Å². The summed E-state index contributed by atoms with van der Waals surface area (Å²) in [6, 6.07) is 19.2. The first-order valence-corrected chi connectivity index (χ1v) is 9.93. The maximum atomic E-state index is 2.30. The zero-order valence-corrected chi connectivity index (χ0v) is 17.8. The van der Waals surface area contributed by atoms with Gasteiger partial charge in [-0.1, -0.05) is 110 Å². The molecule has 132 valence electrons. The molecule has 0 amide bonds. The highest BCUT2D eigenvalue weighted by atomic mass is 31.1. The molecule has 2 aromatic carbocycles. The van der Waals surface area contributed by atoms with Gasteiger partial charge in [0.2, 0.25) is 0 Å². The number of hydrogen-bond acceptors (Lipinski definition) is 0. The van der Waals surface area contributed by atoms with Crippen LogP contribution in [0.15, 0.2) is 54.6 Å². The third-order valence-electron chi connectivity index (χ3n) is 3.42. The van der Waals surface area contributed by atoms with E-state index in [-0.39, 0.29) is 0 Å². The largest absolute Gasteiger partial charge is 0.111 e. The lowest BCUT2D eigenvalue weighted by Gasteiger charge is -2.28. The summed E-state index contributed by atoms with van der Waals surface area (Å²) in [5, 5.41) is 1.02. The smallest absolute Gasteiger partial charge is 0.0149 e. The topological polar surface area (TPSA) is 0 Å². The molecule has 0 radical (unpaired) electrons. The molecule has 0 nitrogen and oxygen atoms in total. The summed E-state index contributed by atoms with van der Waals surface area (Å²) < 4.78 is 0. The van der Waals surface area contributed by atoms with Crippen molar-refractivity contribution in [2.24, 2.45) is 0 Å². The van der Waals surface area contributed by atoms with E-state index in [0.717, 1.165) is 8.58 Å². The normalized spacial score (nSPS) is 11.9. The number of hydrogen-bond donors (Lipinski definition) is 0. The Bertz CT molecular complexity index is 586. The zero-order chi connectivity index (χ0) is 18.4. The highest BCUT2D eigenvalue weighted by Gasteiger charge is 2.19. The molecular formula is C23H35P. The van der Waals surface area contributed by atoms with Gasteiger partial charge in [-0.25, -0.2) is 0 Å². The molecule has 0 spiro atoms. The Hall–Kier alpha value is -1.13. The summed E-state index contributed by atoms with van der Waals surface area (Å²) in [4.78, 5) is 0. The maximum absolute atomic E-state index is 2.30. The van der Waals surface area contributed by atoms with Gasteiger partial charge in [0.15, 0.2) is 0 Å². The van der Waals surface area contributed by atoms with Crippen LogP contribution in [0.3, 0.4) is 0 Å². The summed E-state index contributed by atoms with van der Waals surface area (Å²) in [6.07, 6.45) is 0. The fraction of sp³-hybridized carbons (Fsp3) is 0.478. The van der Waals surface area contributed by atoms with Crippen LogP contribution in [0.2, 0.25) is 0 Å². The maximum Gasteiger partial charge on any atom is -0.0149 e. The van der Waals surface area contributed by atoms with E-state index in [2.05, 4.69) is 110 Å². The average molecular weight is 343 g/mol. The first kappa shape index (κ1) is 20.9. The summed E-state index contributed by atoms with van der Waals surface area (Å²) in [5.74, 6) is 0.571. The molecule has 2 rings (SSSR count). The molecule has 0 unspecified atom stereocenters. The van der Waals surface area contributed by atoms with Crippen molar-refractivity contribution in [2.75, 3.05) is 0 Å². The predicted octanol–water partition coefficient (Wildman–Crippen LogP) is 7.74. The van der Waals surface area contributed by atoms with Crippen LogP contribution in [0.5, 0.6) is 0 Å². The SMILES string of the molecule is CC(C)(C)PC(C)(C)C.CC(C)c1ccccc1-c1ccccc1. The van der Waals surface area contributed by atoms with Crippen molar-refractivity contribution in [1.29, 1.82) is 0 Å². The van der Waals surface area contributed by atoms with Crippen molar-refractivity contribution in [1.82, 2.24) is 0 Å². The second kappa shape index (κ2) is 8.82. The molecule has 0 saturated heterocycles. The molecule has 1 heteroatoms. The van der Waals surface area contributed by atoms with Gasteiger partial charge in [0.1, 0.15) is 0 Å². The average Bonchev–Trinajstić information content (AvgIpc) is 2.45. The summed E-state index contributed by atoms with van der Waals surface area (Å²) >= 11 is 0. The van der Waals surface area contributed by atoms with E-state index in [1.807, 2.05) is 0 Å². The van der Waals surface area contributed by atoms with Gasteiger partial charge in [0, 0.05) is 0 Å². The Kier molecular flexibility index (Phi) is 7.68. The van der Waals surface area contributed by atoms with E-state index in [0.29, 0.717) is 16.2 Å². The summed E-state index contributed by atoms with van der Waals surface area (Å²) in [7, 11) is 1.05. The van der Waals surface area contributed by atoms with Crippen molar-refractivity contribution < 1.29 is 0 Å². The minimum absolute atomic E-state index is 0.512. The van der Waals surface area contributed by atoms with E-state index in [4.69, 9.17) is 0 Å². The molecule has 0 atom stereocenters. The Morgan fingerprint density at radius 2 is 1.12 bits per heavy atom. The van der Waals surface area contributed by atoms with E-state index >= 15 is 0 Å². The van der Waals surface area contributed by atoms with Gasteiger partial charge in [0.25, 0.3) is 0 Å². The van der Waals surface area contributed by atoms with Crippen molar-refractivity contribution in [3.8, 4) is 11.1 Å². The molecule has 0 heterocycles. The van der Waals surface area contributed by atoms with Crippen LogP contribution < -0.4 is 0 Å². The van der Waals surface area contributed by atoms with Crippen LogP contribution in [0, 0.1) is 0 Å². The standard InChI is InChI=1S/C15H16.C8H19P/c1-12(2)14-10-6-7-11-15(14)13-8-4-3-5-9-13;1-7(2,3)9-8(4,5)6/h3-12H,1-2H3;9H,1-6H3. The van der Waals surface area contributed by atoms with Crippen LogP contribution in [-0.2, 0) is 0 Å². The van der Waals surface area contributed by atoms with E-state index in [1.54, 1.807) is 0 Å². The minimum atomic E-state index is 0.512. The molecule has 0 aliphatic carbocycles. The van der Waals surface area contributed by atoms with Crippen LogP contribution in [0.4, 0.5) is 0 Å². The molecule has 0 saturated carbocycles. The first-order chi connectivity index (χ1) is 11.0. The Labute approximate surface area is 151 Å². The van der Waals surface area contributed by atoms with Crippen molar-refractivity contribution in [2.45, 2.75) is 71.6 Å². The van der Waals surface area contributed by atoms with Crippen molar-refractivity contribution >= 4 is 8.58 Å². The zero-order valence-electron chi connectivity index (χ0n) is 16.8. The summed E-state index contributed by atoms with van der Waals surface area (Å²) in [6.45, 7) is 18.3. The molecule has 0 aliphatic rings. The quantitative estimate of drug-likeness (QED) is 0.490. The van der Waals surface area contributed by atoms with Crippen LogP contribution >= 0.6 is 8.58 Å². The third kappa shape index (κ3) is 8.11. The van der Waals surface area contributed by atoms with Crippen molar-refractivity contribution in [3.05, 3.63) is 60.2 Å². The molecular weight excluding hydrogens is 307 g/mol. The van der Waals surface area contributed by atoms with Crippen molar-refractivity contribution in [3.63, 3.8) is 0 Å². The third-order valence-corrected chi connectivity index (χ3v) is 4.92. The Morgan fingerprint density at radius 3 is 1.54 bits per heavy atom. The van der Waals surface area contributed by atoms with Gasteiger partial charge in [-0.3, -0.25) is 0 Å². The van der Waals surface area contributed by atoms with Gasteiger partial charge >= 0.3 is 0 Å². The molecule has 24 heavy (non-hydrogen) atoms. The lowest BCUT2D eigenvalue weighted by molar-refractivity contribution is 0.725. The van der Waals surface area contributed by atoms with Gasteiger partial charge < -0.3 is 0 Å². The summed E-state index contributed by atoms with van der Waals surface area (Å²) in [5.41, 5.74) is 4.08. The Morgan fingerprint density at radius 1 is 0.667 bits per heavy atom. The van der Waals surface area contributed by atoms with E-state index < -0.39 is 0 Å². The highest BCUT2D eigenvalue weighted by Crippen LogP contribution is 2.41. The Balaban J connectivity index is 0.000000277. The van der Waals surface area contributed by atoms with Gasteiger partial charge in [0.05, 0.1) is 0 Å². The second-order valence-electron chi connectivity index (χ2n) is 8.73. The van der Waals surface area contributed by atoms with Gasteiger partial charge in [-0.05, 0) is 32.9 Å². The van der Waals surface area contributed by atoms with E-state index in [9.17, 15) is 0 Å².